The van der Waals surface area contributed by atoms with Gasteiger partial charge in [-0.25, -0.2) is 4.39 Å². The summed E-state index contributed by atoms with van der Waals surface area (Å²) in [6.07, 6.45) is 0. The van der Waals surface area contributed by atoms with E-state index in [4.69, 9.17) is 14.4 Å². The second kappa shape index (κ2) is 4.97. The number of halogens is 1. The molecule has 0 aliphatic carbocycles. The lowest BCUT2D eigenvalue weighted by Gasteiger charge is -2.03. The first-order chi connectivity index (χ1) is 10.5. The van der Waals surface area contributed by atoms with Crippen LogP contribution in [0.15, 0.2) is 34.7 Å². The number of furan rings is 1. The van der Waals surface area contributed by atoms with Gasteiger partial charge in [-0.2, -0.15) is 5.26 Å². The molecular weight excluding hydrogens is 289 g/mol. The summed E-state index contributed by atoms with van der Waals surface area (Å²) in [6, 6.07) is 8.50. The number of nitrogens with zero attached hydrogens (tertiary/aromatic N) is 1. The van der Waals surface area contributed by atoms with Crippen LogP contribution >= 0.6 is 0 Å². The van der Waals surface area contributed by atoms with Crippen molar-refractivity contribution in [3.63, 3.8) is 0 Å². The van der Waals surface area contributed by atoms with Gasteiger partial charge in [-0.05, 0) is 24.3 Å². The van der Waals surface area contributed by atoms with Gasteiger partial charge in [0.15, 0.2) is 22.9 Å². The first kappa shape index (κ1) is 13.8. The maximum Gasteiger partial charge on any atom is 0.178 e. The normalized spacial score (nSPS) is 10.6. The third kappa shape index (κ3) is 2.00. The van der Waals surface area contributed by atoms with Gasteiger partial charge in [0.1, 0.15) is 23.1 Å². The van der Waals surface area contributed by atoms with Crippen LogP contribution in [0.25, 0.3) is 22.3 Å². The van der Waals surface area contributed by atoms with Gasteiger partial charge in [0.05, 0.1) is 7.11 Å². The molecule has 2 N–H and O–H groups in total. The van der Waals surface area contributed by atoms with E-state index in [0.29, 0.717) is 10.9 Å². The number of rotatable bonds is 2. The molecule has 6 heteroatoms. The molecule has 0 aliphatic heterocycles. The Kier molecular flexibility index (Phi) is 3.11. The molecule has 0 saturated carbocycles. The van der Waals surface area contributed by atoms with E-state index in [2.05, 4.69) is 0 Å². The molecule has 110 valence electrons. The van der Waals surface area contributed by atoms with Crippen molar-refractivity contribution >= 4 is 11.0 Å². The van der Waals surface area contributed by atoms with Gasteiger partial charge >= 0.3 is 0 Å². The van der Waals surface area contributed by atoms with E-state index in [9.17, 15) is 14.6 Å². The summed E-state index contributed by atoms with van der Waals surface area (Å²) < 4.78 is 24.2. The van der Waals surface area contributed by atoms with Crippen molar-refractivity contribution in [2.45, 2.75) is 0 Å². The van der Waals surface area contributed by atoms with Crippen molar-refractivity contribution in [3.8, 4) is 34.6 Å². The average Bonchev–Trinajstić information content (AvgIpc) is 2.94. The molecule has 1 heterocycles. The fourth-order valence-corrected chi connectivity index (χ4v) is 2.23. The summed E-state index contributed by atoms with van der Waals surface area (Å²) in [7, 11) is 1.41. The topological polar surface area (TPSA) is 86.6 Å². The van der Waals surface area contributed by atoms with Crippen LogP contribution in [0.3, 0.4) is 0 Å². The number of aromatic hydroxyl groups is 2. The minimum atomic E-state index is -0.784. The highest BCUT2D eigenvalue weighted by Gasteiger charge is 2.18. The molecule has 0 aliphatic rings. The van der Waals surface area contributed by atoms with E-state index in [1.54, 1.807) is 0 Å². The molecule has 0 fully saturated rings. The third-order valence-electron chi connectivity index (χ3n) is 3.31. The number of hydrogen-bond acceptors (Lipinski definition) is 5. The lowest BCUT2D eigenvalue weighted by Crippen LogP contribution is -1.85. The fraction of sp³-hybridized carbons (Fsp3) is 0.0625. The van der Waals surface area contributed by atoms with Gasteiger partial charge in [0.25, 0.3) is 0 Å². The summed E-state index contributed by atoms with van der Waals surface area (Å²) in [4.78, 5) is 0. The number of phenolic OH excluding ortho intramolecular Hbond substituents is 2. The molecular formula is C16H10FNO4. The highest BCUT2D eigenvalue weighted by Crippen LogP contribution is 2.39. The Hall–Kier alpha value is -3.20. The predicted molar refractivity (Wildman–Crippen MR) is 76.2 cm³/mol. The smallest absolute Gasteiger partial charge is 0.178 e. The zero-order valence-corrected chi connectivity index (χ0v) is 11.4. The standard InChI is InChI=1S/C16H10FNO4/c1-21-15-6-13(20)10(7-18)9-5-14(22-16(9)15)8-2-3-12(19)11(17)4-8/h2-6,19-20H,1H3. The van der Waals surface area contributed by atoms with Crippen LogP contribution in [0.5, 0.6) is 17.2 Å². The van der Waals surface area contributed by atoms with E-state index in [1.165, 1.54) is 31.4 Å². The van der Waals surface area contributed by atoms with Crippen LogP contribution in [0, 0.1) is 17.1 Å². The van der Waals surface area contributed by atoms with Crippen molar-refractivity contribution in [1.29, 1.82) is 5.26 Å². The average molecular weight is 299 g/mol. The van der Waals surface area contributed by atoms with Crippen LogP contribution in [0.2, 0.25) is 0 Å². The molecule has 3 rings (SSSR count). The zero-order valence-electron chi connectivity index (χ0n) is 11.4. The fourth-order valence-electron chi connectivity index (χ4n) is 2.23. The number of ether oxygens (including phenoxy) is 1. The largest absolute Gasteiger partial charge is 0.506 e. The Morgan fingerprint density at radius 1 is 1.18 bits per heavy atom. The third-order valence-corrected chi connectivity index (χ3v) is 3.31. The highest BCUT2D eigenvalue weighted by atomic mass is 19.1. The molecule has 1 aromatic heterocycles. The molecule has 22 heavy (non-hydrogen) atoms. The highest BCUT2D eigenvalue weighted by molar-refractivity contribution is 5.94. The molecule has 0 amide bonds. The molecule has 0 saturated heterocycles. The van der Waals surface area contributed by atoms with Gasteiger partial charge in [-0.1, -0.05) is 0 Å². The Balaban J connectivity index is 2.29. The maximum absolute atomic E-state index is 13.5. The Labute approximate surface area is 124 Å². The Bertz CT molecular complexity index is 924. The predicted octanol–water partition coefficient (Wildman–Crippen LogP) is 3.53. The number of benzene rings is 2. The summed E-state index contributed by atoms with van der Waals surface area (Å²) in [5.41, 5.74) is 0.710. The first-order valence-electron chi connectivity index (χ1n) is 6.27. The van der Waals surface area contributed by atoms with Crippen molar-refractivity contribution in [2.75, 3.05) is 7.11 Å². The van der Waals surface area contributed by atoms with Gasteiger partial charge in [-0.15, -0.1) is 0 Å². The van der Waals surface area contributed by atoms with Crippen LogP contribution in [0.1, 0.15) is 5.56 Å². The number of fused-ring (bicyclic) bond motifs is 1. The summed E-state index contributed by atoms with van der Waals surface area (Å²) in [6.45, 7) is 0. The quantitative estimate of drug-likeness (QED) is 0.756. The number of methoxy groups -OCH3 is 1. The van der Waals surface area contributed by atoms with Gasteiger partial charge in [0, 0.05) is 17.0 Å². The molecule has 2 aromatic carbocycles. The van der Waals surface area contributed by atoms with Crippen molar-refractivity contribution in [1.82, 2.24) is 0 Å². The summed E-state index contributed by atoms with van der Waals surface area (Å²) >= 11 is 0. The Morgan fingerprint density at radius 2 is 1.95 bits per heavy atom. The van der Waals surface area contributed by atoms with E-state index in [-0.39, 0.29) is 28.4 Å². The van der Waals surface area contributed by atoms with Gasteiger partial charge in [0.2, 0.25) is 0 Å². The second-order valence-electron chi connectivity index (χ2n) is 4.60. The SMILES string of the molecule is COc1cc(O)c(C#N)c2cc(-c3ccc(O)c(F)c3)oc12. The minimum absolute atomic E-state index is 0.0463. The molecule has 0 spiro atoms. The van der Waals surface area contributed by atoms with Gasteiger partial charge < -0.3 is 19.4 Å². The minimum Gasteiger partial charge on any atom is -0.506 e. The molecule has 5 nitrogen and oxygen atoms in total. The first-order valence-corrected chi connectivity index (χ1v) is 6.27. The van der Waals surface area contributed by atoms with Crippen molar-refractivity contribution < 1.29 is 23.8 Å². The van der Waals surface area contributed by atoms with Crippen LogP contribution < -0.4 is 4.74 Å². The van der Waals surface area contributed by atoms with Crippen LogP contribution in [0.4, 0.5) is 4.39 Å². The van der Waals surface area contributed by atoms with Crippen molar-refractivity contribution in [2.24, 2.45) is 0 Å². The lowest BCUT2D eigenvalue weighted by molar-refractivity contribution is 0.404. The number of nitriles is 1. The van der Waals surface area contributed by atoms with Crippen molar-refractivity contribution in [3.05, 3.63) is 41.7 Å². The number of hydrogen-bond donors (Lipinski definition) is 2. The molecule has 0 unspecified atom stereocenters. The lowest BCUT2D eigenvalue weighted by atomic mass is 10.1. The molecule has 0 bridgehead atoms. The summed E-state index contributed by atoms with van der Waals surface area (Å²) in [5, 5.41) is 28.6. The van der Waals surface area contributed by atoms with E-state index < -0.39 is 11.6 Å². The second-order valence-corrected chi connectivity index (χ2v) is 4.60. The zero-order chi connectivity index (χ0) is 15.9. The monoisotopic (exact) mass is 299 g/mol. The summed E-state index contributed by atoms with van der Waals surface area (Å²) in [5.74, 6) is -0.927. The van der Waals surface area contributed by atoms with Crippen LogP contribution in [-0.4, -0.2) is 17.3 Å². The maximum atomic E-state index is 13.5. The van der Waals surface area contributed by atoms with Crippen LogP contribution in [-0.2, 0) is 0 Å². The van der Waals surface area contributed by atoms with E-state index >= 15 is 0 Å². The number of phenols is 2. The van der Waals surface area contributed by atoms with E-state index in [1.807, 2.05) is 6.07 Å². The van der Waals surface area contributed by atoms with E-state index in [0.717, 1.165) is 6.07 Å². The molecule has 0 radical (unpaired) electrons. The van der Waals surface area contributed by atoms with Gasteiger partial charge in [-0.3, -0.25) is 0 Å². The molecule has 0 atom stereocenters. The Morgan fingerprint density at radius 3 is 2.59 bits per heavy atom. The molecule has 3 aromatic rings.